The van der Waals surface area contributed by atoms with Gasteiger partial charge in [0.15, 0.2) is 0 Å². The second-order valence-electron chi connectivity index (χ2n) is 9.06. The topological polar surface area (TPSA) is 79.8 Å². The van der Waals surface area contributed by atoms with Crippen molar-refractivity contribution in [3.63, 3.8) is 0 Å². The summed E-state index contributed by atoms with van der Waals surface area (Å²) in [6.45, 7) is -5.02. The number of carbonyl (C=O) groups is 1. The van der Waals surface area contributed by atoms with Crippen LogP contribution < -0.4 is 0 Å². The SMILES string of the molecule is [2H]C1([2H])OC2(CCN(S(=O)(=O)c3ccc(-c4ccc5cccnc5c4)cc3)CC2)C([2H])([2H])N(C2CC2)C1=O. The van der Waals surface area contributed by atoms with Gasteiger partial charge in [0.1, 0.15) is 6.56 Å². The summed E-state index contributed by atoms with van der Waals surface area (Å²) in [7, 11) is -3.88. The fourth-order valence-corrected chi connectivity index (χ4v) is 6.03. The first-order chi connectivity index (χ1) is 17.9. The predicted octanol–water partition coefficient (Wildman–Crippen LogP) is 3.45. The van der Waals surface area contributed by atoms with E-state index >= 15 is 0 Å². The third-order valence-corrected chi connectivity index (χ3v) is 8.66. The lowest BCUT2D eigenvalue weighted by atomic mass is 9.90. The van der Waals surface area contributed by atoms with E-state index in [1.807, 2.05) is 30.3 Å². The molecule has 2 aromatic carbocycles. The van der Waals surface area contributed by atoms with Crippen molar-refractivity contribution in [2.75, 3.05) is 26.1 Å². The number of piperidine rings is 1. The van der Waals surface area contributed by atoms with Gasteiger partial charge in [-0.2, -0.15) is 4.31 Å². The Morgan fingerprint density at radius 1 is 1.03 bits per heavy atom. The van der Waals surface area contributed by atoms with E-state index in [1.165, 1.54) is 4.31 Å². The second kappa shape index (κ2) is 8.15. The second-order valence-corrected chi connectivity index (χ2v) is 11.0. The molecule has 3 fully saturated rings. The van der Waals surface area contributed by atoms with Crippen LogP contribution in [0.25, 0.3) is 22.0 Å². The van der Waals surface area contributed by atoms with E-state index < -0.39 is 34.6 Å². The van der Waals surface area contributed by atoms with Gasteiger partial charge < -0.3 is 9.64 Å². The lowest BCUT2D eigenvalue weighted by Crippen LogP contribution is -2.59. The molecule has 2 aliphatic heterocycles. The molecule has 34 heavy (non-hydrogen) atoms. The number of carbonyl (C=O) groups excluding carboxylic acids is 1. The Bertz CT molecular complexity index is 1520. The maximum atomic E-state index is 13.4. The molecule has 0 atom stereocenters. The van der Waals surface area contributed by atoms with Gasteiger partial charge in [-0.1, -0.05) is 30.3 Å². The number of pyridine rings is 1. The highest BCUT2D eigenvalue weighted by molar-refractivity contribution is 7.89. The molecule has 3 heterocycles. The molecule has 1 aliphatic carbocycles. The summed E-state index contributed by atoms with van der Waals surface area (Å²) in [6.07, 6.45) is 2.81. The van der Waals surface area contributed by atoms with Gasteiger partial charge in [-0.15, -0.1) is 0 Å². The van der Waals surface area contributed by atoms with Crippen molar-refractivity contribution in [1.29, 1.82) is 0 Å². The maximum absolute atomic E-state index is 13.4. The summed E-state index contributed by atoms with van der Waals surface area (Å²) in [5.74, 6) is -1.01. The number of nitrogens with zero attached hydrogens (tertiary/aromatic N) is 3. The zero-order chi connectivity index (χ0) is 26.9. The number of morpholine rings is 1. The van der Waals surface area contributed by atoms with E-state index in [4.69, 9.17) is 10.2 Å². The number of rotatable bonds is 4. The van der Waals surface area contributed by atoms with Crippen molar-refractivity contribution in [2.45, 2.75) is 42.2 Å². The number of ether oxygens (including phenoxy) is 1. The number of hydrogen-bond acceptors (Lipinski definition) is 5. The molecule has 3 aromatic rings. The predicted molar refractivity (Wildman–Crippen MR) is 129 cm³/mol. The van der Waals surface area contributed by atoms with E-state index in [0.717, 1.165) is 26.9 Å². The largest absolute Gasteiger partial charge is 0.363 e. The number of hydrogen-bond donors (Lipinski definition) is 0. The van der Waals surface area contributed by atoms with E-state index in [9.17, 15) is 13.2 Å². The Hall–Kier alpha value is -2.81. The molecule has 2 saturated heterocycles. The number of sulfonamides is 1. The van der Waals surface area contributed by atoms with Gasteiger partial charge in [0.2, 0.25) is 15.9 Å². The Morgan fingerprint density at radius 3 is 2.50 bits per heavy atom. The van der Waals surface area contributed by atoms with Gasteiger partial charge in [0, 0.05) is 30.7 Å². The molecule has 6 rings (SSSR count). The molecule has 0 N–H and O–H groups in total. The number of amides is 1. The maximum Gasteiger partial charge on any atom is 0.248 e. The molecule has 1 amide bonds. The Kier molecular flexibility index (Phi) is 4.22. The number of aromatic nitrogens is 1. The van der Waals surface area contributed by atoms with Crippen molar-refractivity contribution in [2.24, 2.45) is 0 Å². The first kappa shape index (κ1) is 17.6. The van der Waals surface area contributed by atoms with E-state index in [0.29, 0.717) is 12.8 Å². The highest BCUT2D eigenvalue weighted by Crippen LogP contribution is 2.37. The molecule has 0 radical (unpaired) electrons. The minimum atomic E-state index is -3.88. The van der Waals surface area contributed by atoms with Crippen LogP contribution in [-0.2, 0) is 19.6 Å². The fourth-order valence-electron chi connectivity index (χ4n) is 4.59. The molecule has 1 aromatic heterocycles. The van der Waals surface area contributed by atoms with Crippen LogP contribution in [0.5, 0.6) is 0 Å². The first-order valence-electron chi connectivity index (χ1n) is 13.4. The Labute approximate surface area is 205 Å². The molecule has 7 nitrogen and oxygen atoms in total. The molecule has 1 spiro atoms. The van der Waals surface area contributed by atoms with Crippen molar-refractivity contribution < 1.29 is 23.4 Å². The zero-order valence-corrected chi connectivity index (χ0v) is 19.3. The average molecular weight is 482 g/mol. The third kappa shape index (κ3) is 3.89. The molecule has 0 bridgehead atoms. The monoisotopic (exact) mass is 481 g/mol. The highest BCUT2D eigenvalue weighted by Gasteiger charge is 2.47. The zero-order valence-electron chi connectivity index (χ0n) is 22.5. The fraction of sp³-hybridized carbons (Fsp3) is 0.385. The van der Waals surface area contributed by atoms with Crippen LogP contribution in [0.15, 0.2) is 65.7 Å². The molecule has 3 aliphatic rings. The summed E-state index contributed by atoms with van der Waals surface area (Å²) in [4.78, 5) is 18.1. The lowest BCUT2D eigenvalue weighted by Gasteiger charge is -2.46. The van der Waals surface area contributed by atoms with Crippen LogP contribution in [0.3, 0.4) is 0 Å². The quantitative estimate of drug-likeness (QED) is 0.570. The van der Waals surface area contributed by atoms with E-state index in [2.05, 4.69) is 4.98 Å². The molecule has 8 heteroatoms. The van der Waals surface area contributed by atoms with Gasteiger partial charge in [-0.05, 0) is 61.1 Å². The minimum Gasteiger partial charge on any atom is -0.363 e. The van der Waals surface area contributed by atoms with Crippen LogP contribution >= 0.6 is 0 Å². The van der Waals surface area contributed by atoms with E-state index in [1.54, 1.807) is 30.5 Å². The number of fused-ring (bicyclic) bond motifs is 1. The summed E-state index contributed by atoms with van der Waals surface area (Å²) in [5.41, 5.74) is 0.985. The van der Waals surface area contributed by atoms with Crippen molar-refractivity contribution in [1.82, 2.24) is 14.2 Å². The molecule has 176 valence electrons. The highest BCUT2D eigenvalue weighted by atomic mass is 32.2. The molecular formula is C26H27N3O4S. The minimum absolute atomic E-state index is 0.0529. The molecule has 0 unspecified atom stereocenters. The molecular weight excluding hydrogens is 450 g/mol. The van der Waals surface area contributed by atoms with Crippen LogP contribution in [0, 0.1) is 0 Å². The van der Waals surface area contributed by atoms with Crippen LogP contribution in [0.1, 0.15) is 31.2 Å². The van der Waals surface area contributed by atoms with Gasteiger partial charge in [-0.3, -0.25) is 9.78 Å². The van der Waals surface area contributed by atoms with Crippen LogP contribution in [-0.4, -0.2) is 66.3 Å². The Balaban J connectivity index is 1.22. The standard InChI is InChI=1S/C26H27N3O4S/c30-25-17-33-26(18-29(25)22-7-8-22)11-14-28(15-12-26)34(31,32)23-9-5-19(6-10-23)21-4-3-20-2-1-13-27-24(20)16-21/h1-6,9-10,13,16,22H,7-8,11-12,14-15,17-18H2/i17D2,18D2. The Morgan fingerprint density at radius 2 is 1.76 bits per heavy atom. The summed E-state index contributed by atoms with van der Waals surface area (Å²) < 4.78 is 67.4. The summed E-state index contributed by atoms with van der Waals surface area (Å²) in [5, 5.41) is 1.02. The van der Waals surface area contributed by atoms with Gasteiger partial charge >= 0.3 is 0 Å². The van der Waals surface area contributed by atoms with Gasteiger partial charge in [-0.25, -0.2) is 8.42 Å². The van der Waals surface area contributed by atoms with Crippen LogP contribution in [0.4, 0.5) is 0 Å². The van der Waals surface area contributed by atoms with Gasteiger partial charge in [0.05, 0.1) is 28.0 Å². The lowest BCUT2D eigenvalue weighted by molar-refractivity contribution is -0.170. The van der Waals surface area contributed by atoms with Crippen molar-refractivity contribution >= 4 is 26.8 Å². The third-order valence-electron chi connectivity index (χ3n) is 6.75. The van der Waals surface area contributed by atoms with Gasteiger partial charge in [0.25, 0.3) is 0 Å². The van der Waals surface area contributed by atoms with Crippen LogP contribution in [0.2, 0.25) is 0 Å². The molecule has 1 saturated carbocycles. The average Bonchev–Trinajstić information content (AvgIpc) is 3.73. The van der Waals surface area contributed by atoms with E-state index in [-0.39, 0.29) is 36.9 Å². The number of benzene rings is 2. The summed E-state index contributed by atoms with van der Waals surface area (Å²) >= 11 is 0. The summed E-state index contributed by atoms with van der Waals surface area (Å²) in [6, 6.07) is 16.0. The normalized spacial score (nSPS) is 26.0. The first-order valence-corrected chi connectivity index (χ1v) is 12.9. The van der Waals surface area contributed by atoms with Crippen molar-refractivity contribution in [3.05, 3.63) is 60.8 Å². The smallest absolute Gasteiger partial charge is 0.248 e. The van der Waals surface area contributed by atoms with Crippen molar-refractivity contribution in [3.8, 4) is 11.1 Å².